The van der Waals surface area contributed by atoms with Gasteiger partial charge in [-0.2, -0.15) is 19.6 Å². The second kappa shape index (κ2) is 12.3. The first-order chi connectivity index (χ1) is 17.0. The first-order valence-electron chi connectivity index (χ1n) is 11.5. The highest BCUT2D eigenvalue weighted by Gasteiger charge is 2.19. The predicted octanol–water partition coefficient (Wildman–Crippen LogP) is 5.99. The summed E-state index contributed by atoms with van der Waals surface area (Å²) in [7, 11) is -1.22. The summed E-state index contributed by atoms with van der Waals surface area (Å²) in [4.78, 5) is 4.35. The van der Waals surface area contributed by atoms with Gasteiger partial charge in [-0.25, -0.2) is 13.8 Å². The minimum absolute atomic E-state index is 0.00773. The molecule has 0 aliphatic rings. The predicted molar refractivity (Wildman–Crippen MR) is 146 cm³/mol. The van der Waals surface area contributed by atoms with Gasteiger partial charge in [0.15, 0.2) is 22.5 Å². The molecule has 1 aromatic carbocycles. The van der Waals surface area contributed by atoms with Crippen LogP contribution in [0, 0.1) is 17.6 Å². The molecule has 3 N–H and O–H groups in total. The normalized spacial score (nSPS) is 12.6. The molecule has 2 aromatic heterocycles. The second-order valence-electron chi connectivity index (χ2n) is 9.80. The minimum atomic E-state index is -1.22. The molecule has 0 saturated carbocycles. The Morgan fingerprint density at radius 3 is 2.61 bits per heavy atom. The van der Waals surface area contributed by atoms with Crippen LogP contribution in [0.25, 0.3) is 11.0 Å². The molecule has 0 saturated heterocycles. The van der Waals surface area contributed by atoms with Crippen LogP contribution in [-0.4, -0.2) is 47.6 Å². The molecule has 36 heavy (non-hydrogen) atoms. The average Bonchev–Trinajstić information content (AvgIpc) is 3.13. The zero-order chi connectivity index (χ0) is 26.5. The Morgan fingerprint density at radius 2 is 1.97 bits per heavy atom. The van der Waals surface area contributed by atoms with Crippen molar-refractivity contribution in [2.45, 2.75) is 39.3 Å². The Hall–Kier alpha value is -2.31. The van der Waals surface area contributed by atoms with Crippen LogP contribution in [0.1, 0.15) is 6.92 Å². The molecule has 3 rings (SSSR count). The number of thiocarbonyl (C=S) groups is 1. The van der Waals surface area contributed by atoms with E-state index in [9.17, 15) is 8.78 Å². The molecule has 12 heteroatoms. The van der Waals surface area contributed by atoms with E-state index in [1.807, 2.05) is 6.92 Å². The first-order valence-corrected chi connectivity index (χ1v) is 16.0. The summed E-state index contributed by atoms with van der Waals surface area (Å²) in [5, 5.41) is 15.6. The van der Waals surface area contributed by atoms with Gasteiger partial charge >= 0.3 is 0 Å². The van der Waals surface area contributed by atoms with Crippen molar-refractivity contribution in [3.05, 3.63) is 47.2 Å². The van der Waals surface area contributed by atoms with Gasteiger partial charge < -0.3 is 29.8 Å². The summed E-state index contributed by atoms with van der Waals surface area (Å²) in [6, 6.07) is 4.68. The molecule has 0 spiro atoms. The lowest BCUT2D eigenvalue weighted by molar-refractivity contribution is 0.0899. The van der Waals surface area contributed by atoms with E-state index in [1.165, 1.54) is 12.3 Å². The molecule has 0 aliphatic carbocycles. The maximum absolute atomic E-state index is 14.9. The molecule has 2 heterocycles. The van der Waals surface area contributed by atoms with Crippen LogP contribution in [0.15, 0.2) is 30.6 Å². The van der Waals surface area contributed by atoms with Crippen molar-refractivity contribution < 1.29 is 23.4 Å². The Kier molecular flexibility index (Phi) is 9.64. The minimum Gasteiger partial charge on any atom is -0.450 e. The van der Waals surface area contributed by atoms with E-state index >= 15 is 0 Å². The number of nitrogens with zero attached hydrogens (tertiary/aromatic N) is 2. The Morgan fingerprint density at radius 1 is 1.28 bits per heavy atom. The van der Waals surface area contributed by atoms with Crippen LogP contribution in [-0.2, 0) is 11.5 Å². The van der Waals surface area contributed by atoms with E-state index in [0.717, 1.165) is 18.2 Å². The number of halogens is 3. The number of nitrogens with one attached hydrogen (secondary N) is 2. The standard InChI is InChI=1S/C24H31ClF2N4O3SSi/c1-15(13-32)11-29-24(35)30-16-9-18(26)22(19(27)10-16)34-20-5-6-28-23-21(20)17(25)12-31(23)14-33-7-8-36(2,3)4/h5-6,9-10,12,15,32H,7-8,11,13-14H2,1-4H3,(H2,29,30,35)/q-1. The van der Waals surface area contributed by atoms with Crippen LogP contribution in [0.4, 0.5) is 14.5 Å². The number of ether oxygens (including phenoxy) is 2. The van der Waals surface area contributed by atoms with Gasteiger partial charge in [0.1, 0.15) is 18.1 Å². The molecule has 0 bridgehead atoms. The number of fused-ring (bicyclic) bond motifs is 1. The number of hydrogen-bond donors (Lipinski definition) is 3. The fourth-order valence-corrected chi connectivity index (χ4v) is 4.46. The van der Waals surface area contributed by atoms with Crippen molar-refractivity contribution in [1.82, 2.24) is 14.9 Å². The van der Waals surface area contributed by atoms with Crippen molar-refractivity contribution in [3.8, 4) is 11.5 Å². The Balaban J connectivity index is 1.76. The van der Waals surface area contributed by atoms with E-state index < -0.39 is 25.5 Å². The van der Waals surface area contributed by atoms with Crippen LogP contribution < -0.4 is 15.4 Å². The molecule has 7 nitrogen and oxygen atoms in total. The summed E-state index contributed by atoms with van der Waals surface area (Å²) in [5.41, 5.74) is 0.601. The number of pyridine rings is 1. The van der Waals surface area contributed by atoms with E-state index in [-0.39, 0.29) is 35.8 Å². The second-order valence-corrected chi connectivity index (χ2v) is 16.2. The fourth-order valence-electron chi connectivity index (χ4n) is 3.21. The third kappa shape index (κ3) is 7.59. The molecule has 3 aromatic rings. The lowest BCUT2D eigenvalue weighted by Gasteiger charge is -2.26. The summed E-state index contributed by atoms with van der Waals surface area (Å²) in [5.74, 6) is -2.27. The van der Waals surface area contributed by atoms with E-state index in [4.69, 9.17) is 38.4 Å². The van der Waals surface area contributed by atoms with Crippen LogP contribution >= 0.6 is 23.8 Å². The molecule has 0 amide bonds. The lowest BCUT2D eigenvalue weighted by Crippen LogP contribution is -2.33. The lowest BCUT2D eigenvalue weighted by atomic mass is 10.2. The van der Waals surface area contributed by atoms with Crippen molar-refractivity contribution in [3.63, 3.8) is 0 Å². The van der Waals surface area contributed by atoms with Gasteiger partial charge in [0.25, 0.3) is 0 Å². The van der Waals surface area contributed by atoms with E-state index in [1.54, 1.807) is 10.8 Å². The zero-order valence-corrected chi connectivity index (χ0v) is 23.3. The number of anilines is 1. The number of aliphatic hydroxyl groups is 1. The monoisotopic (exact) mass is 556 g/mol. The number of aliphatic hydroxyl groups excluding tert-OH is 1. The third-order valence-corrected chi connectivity index (χ3v) is 7.53. The van der Waals surface area contributed by atoms with Crippen LogP contribution in [0.5, 0.6) is 11.5 Å². The number of aromatic nitrogens is 2. The highest BCUT2D eigenvalue weighted by molar-refractivity contribution is 7.80. The molecular weight excluding hydrogens is 526 g/mol. The quantitative estimate of drug-likeness (QED) is 0.152. The van der Waals surface area contributed by atoms with Crippen molar-refractivity contribution in [2.24, 2.45) is 5.92 Å². The van der Waals surface area contributed by atoms with Gasteiger partial charge in [-0.05, 0) is 24.2 Å². The van der Waals surface area contributed by atoms with Gasteiger partial charge in [0, 0.05) is 50.0 Å². The Bertz CT molecular complexity index is 1200. The van der Waals surface area contributed by atoms with Gasteiger partial charge in [-0.1, -0.05) is 18.5 Å². The molecular formula is C24H31ClF2N4O3SSi-. The third-order valence-electron chi connectivity index (χ3n) is 5.29. The Labute approximate surface area is 220 Å². The van der Waals surface area contributed by atoms with Gasteiger partial charge in [-0.15, -0.1) is 14.1 Å². The first kappa shape index (κ1) is 28.3. The summed E-state index contributed by atoms with van der Waals surface area (Å²) in [6.07, 6.45) is 3.14. The van der Waals surface area contributed by atoms with Crippen molar-refractivity contribution in [1.29, 1.82) is 0 Å². The molecule has 197 valence electrons. The summed E-state index contributed by atoms with van der Waals surface area (Å²) in [6.45, 7) is 9.93. The van der Waals surface area contributed by atoms with Gasteiger partial charge in [0.05, 0.1) is 10.4 Å². The topological polar surface area (TPSA) is 80.6 Å². The highest BCUT2D eigenvalue weighted by atomic mass is 35.5. The summed E-state index contributed by atoms with van der Waals surface area (Å²) < 4.78 is 42.9. The van der Waals surface area contributed by atoms with Crippen LogP contribution in [0.2, 0.25) is 30.7 Å². The smallest absolute Gasteiger partial charge is 0.198 e. The van der Waals surface area contributed by atoms with Crippen LogP contribution in [0.3, 0.4) is 0 Å². The van der Waals surface area contributed by atoms with Gasteiger partial charge in [0.2, 0.25) is 0 Å². The molecule has 0 fully saturated rings. The number of rotatable bonds is 11. The van der Waals surface area contributed by atoms with Gasteiger partial charge in [-0.3, -0.25) is 0 Å². The SMILES string of the molecule is CC(CO)CNC(=S)Nc1cc(F)c(Oc2ccnc3c2c(Cl)cn3COCC[Si-](C)(C)C)c(F)c1. The van der Waals surface area contributed by atoms with Crippen molar-refractivity contribution in [2.75, 3.05) is 25.1 Å². The number of hydrogen-bond acceptors (Lipinski definition) is 5. The average molecular weight is 557 g/mol. The van der Waals surface area contributed by atoms with E-state index in [0.29, 0.717) is 29.2 Å². The maximum atomic E-state index is 14.9. The van der Waals surface area contributed by atoms with E-state index in [2.05, 4.69) is 35.3 Å². The number of benzene rings is 1. The summed E-state index contributed by atoms with van der Waals surface area (Å²) >= 11 is 11.6. The fraction of sp³-hybridized carbons (Fsp3) is 0.417. The zero-order valence-electron chi connectivity index (χ0n) is 20.7. The molecule has 0 radical (unpaired) electrons. The van der Waals surface area contributed by atoms with Crippen molar-refractivity contribution >= 4 is 53.7 Å². The molecule has 1 unspecified atom stereocenters. The largest absolute Gasteiger partial charge is 0.450 e. The maximum Gasteiger partial charge on any atom is 0.198 e. The molecule has 0 aliphatic heterocycles. The highest BCUT2D eigenvalue weighted by Crippen LogP contribution is 2.37. The molecule has 1 atom stereocenters.